The third-order valence-electron chi connectivity index (χ3n) is 1.93. The van der Waals surface area contributed by atoms with Crippen molar-refractivity contribution in [2.45, 2.75) is 19.9 Å². The minimum absolute atomic E-state index is 0.269. The van der Waals surface area contributed by atoms with Crippen LogP contribution in [0.25, 0.3) is 0 Å². The van der Waals surface area contributed by atoms with Crippen LogP contribution in [0, 0.1) is 6.92 Å². The van der Waals surface area contributed by atoms with Gasteiger partial charge in [0.15, 0.2) is 0 Å². The maximum atomic E-state index is 5.56. The van der Waals surface area contributed by atoms with Crippen LogP contribution in [0.2, 0.25) is 0 Å². The number of hydrogen-bond acceptors (Lipinski definition) is 2. The Balaban J connectivity index is 2.96. The molecule has 1 rings (SSSR count). The monoisotopic (exact) mass is 320 g/mol. The molecule has 0 aromatic heterocycles. The summed E-state index contributed by atoms with van der Waals surface area (Å²) in [4.78, 5) is 0. The van der Waals surface area contributed by atoms with E-state index in [-0.39, 0.29) is 6.04 Å². The molecule has 0 heterocycles. The van der Waals surface area contributed by atoms with Gasteiger partial charge in [-0.3, -0.25) is 0 Å². The van der Waals surface area contributed by atoms with Crippen LogP contribution in [0.5, 0.6) is 0 Å². The predicted molar refractivity (Wildman–Crippen MR) is 68.7 cm³/mol. The summed E-state index contributed by atoms with van der Waals surface area (Å²) in [6, 6.07) is 4.43. The first-order valence-corrected chi connectivity index (χ1v) is 6.05. The van der Waals surface area contributed by atoms with Crippen molar-refractivity contribution < 1.29 is 0 Å². The fourth-order valence-electron chi connectivity index (χ4n) is 1.14. The summed E-state index contributed by atoms with van der Waals surface area (Å²) >= 11 is 7.04. The van der Waals surface area contributed by atoms with Gasteiger partial charge in [0, 0.05) is 21.5 Å². The van der Waals surface area contributed by atoms with Gasteiger partial charge in [-0.1, -0.05) is 0 Å². The number of hydrogen-bond donors (Lipinski definition) is 2. The third-order valence-corrected chi connectivity index (χ3v) is 3.18. The van der Waals surface area contributed by atoms with Gasteiger partial charge < -0.3 is 11.1 Å². The molecule has 1 aromatic carbocycles. The number of anilines is 1. The second kappa shape index (κ2) is 5.14. The van der Waals surface area contributed by atoms with E-state index >= 15 is 0 Å². The highest BCUT2D eigenvalue weighted by atomic mass is 79.9. The largest absolute Gasteiger partial charge is 0.379 e. The van der Waals surface area contributed by atoms with E-state index in [9.17, 15) is 0 Å². The van der Waals surface area contributed by atoms with E-state index in [2.05, 4.69) is 63.2 Å². The molecule has 0 amide bonds. The summed E-state index contributed by atoms with van der Waals surface area (Å²) < 4.78 is 2.12. The lowest BCUT2D eigenvalue weighted by molar-refractivity contribution is 0.802. The third kappa shape index (κ3) is 2.97. The Kier molecular flexibility index (Phi) is 4.41. The van der Waals surface area contributed by atoms with Crippen molar-refractivity contribution in [3.8, 4) is 0 Å². The Morgan fingerprint density at radius 3 is 2.29 bits per heavy atom. The molecule has 78 valence electrons. The van der Waals surface area contributed by atoms with Crippen molar-refractivity contribution in [1.82, 2.24) is 0 Å². The molecule has 0 saturated heterocycles. The normalized spacial score (nSPS) is 12.6. The van der Waals surface area contributed by atoms with Crippen LogP contribution in [0.3, 0.4) is 0 Å². The lowest BCUT2D eigenvalue weighted by Crippen LogP contribution is -2.25. The molecule has 2 nitrogen and oxygen atoms in total. The zero-order valence-corrected chi connectivity index (χ0v) is 11.4. The van der Waals surface area contributed by atoms with E-state index in [0.717, 1.165) is 14.6 Å². The zero-order chi connectivity index (χ0) is 10.7. The van der Waals surface area contributed by atoms with Crippen molar-refractivity contribution >= 4 is 37.5 Å². The van der Waals surface area contributed by atoms with Crippen molar-refractivity contribution in [2.24, 2.45) is 5.73 Å². The van der Waals surface area contributed by atoms with Gasteiger partial charge in [0.05, 0.1) is 5.69 Å². The van der Waals surface area contributed by atoms with Gasteiger partial charge in [-0.25, -0.2) is 0 Å². The van der Waals surface area contributed by atoms with E-state index in [1.165, 1.54) is 5.56 Å². The molecule has 1 aromatic rings. The lowest BCUT2D eigenvalue weighted by atomic mass is 10.2. The Bertz CT molecular complexity index is 303. The van der Waals surface area contributed by atoms with Crippen LogP contribution in [-0.2, 0) is 0 Å². The fourth-order valence-corrected chi connectivity index (χ4v) is 2.79. The molecule has 3 N–H and O–H groups in total. The molecule has 1 unspecified atom stereocenters. The van der Waals surface area contributed by atoms with Crippen LogP contribution in [0.15, 0.2) is 21.1 Å². The molecule has 0 fully saturated rings. The van der Waals surface area contributed by atoms with Crippen LogP contribution in [-0.4, -0.2) is 12.6 Å². The molecule has 14 heavy (non-hydrogen) atoms. The van der Waals surface area contributed by atoms with Crippen LogP contribution in [0.4, 0.5) is 5.69 Å². The molecule has 1 atom stereocenters. The Morgan fingerprint density at radius 1 is 1.36 bits per heavy atom. The Hall–Kier alpha value is -0.0600. The Labute approximate surface area is 102 Å². The summed E-state index contributed by atoms with van der Waals surface area (Å²) in [5.74, 6) is 0. The predicted octanol–water partition coefficient (Wildman–Crippen LogP) is 3.28. The number of halogens is 2. The molecule has 0 aliphatic rings. The standard InChI is InChI=1S/C10H14Br2N2/c1-6-3-8(11)10(9(12)4-6)14-7(2)5-13/h3-4,7,14H,5,13H2,1-2H3. The molecule has 0 radical (unpaired) electrons. The van der Waals surface area contributed by atoms with Gasteiger partial charge in [0.25, 0.3) is 0 Å². The molecule has 0 aliphatic heterocycles. The van der Waals surface area contributed by atoms with Gasteiger partial charge in [-0.2, -0.15) is 0 Å². The SMILES string of the molecule is Cc1cc(Br)c(NC(C)CN)c(Br)c1. The average molecular weight is 322 g/mol. The minimum Gasteiger partial charge on any atom is -0.379 e. The van der Waals surface area contributed by atoms with E-state index in [1.54, 1.807) is 0 Å². The average Bonchev–Trinajstić information content (AvgIpc) is 2.10. The molecular formula is C10H14Br2N2. The first kappa shape index (κ1) is 12.0. The highest BCUT2D eigenvalue weighted by Crippen LogP contribution is 2.32. The summed E-state index contributed by atoms with van der Waals surface area (Å²) in [6.07, 6.45) is 0. The van der Waals surface area contributed by atoms with Gasteiger partial charge in [0.2, 0.25) is 0 Å². The highest BCUT2D eigenvalue weighted by molar-refractivity contribution is 9.11. The van der Waals surface area contributed by atoms with Crippen molar-refractivity contribution in [1.29, 1.82) is 0 Å². The molecule has 0 spiro atoms. The maximum absolute atomic E-state index is 5.56. The van der Waals surface area contributed by atoms with E-state index in [1.807, 2.05) is 0 Å². The molecular weight excluding hydrogens is 308 g/mol. The number of nitrogens with two attached hydrogens (primary N) is 1. The van der Waals surface area contributed by atoms with E-state index < -0.39 is 0 Å². The van der Waals surface area contributed by atoms with Crippen LogP contribution in [0.1, 0.15) is 12.5 Å². The molecule has 0 saturated carbocycles. The maximum Gasteiger partial charge on any atom is 0.0631 e. The molecule has 4 heteroatoms. The highest BCUT2D eigenvalue weighted by Gasteiger charge is 2.08. The summed E-state index contributed by atoms with van der Waals surface area (Å²) in [5, 5.41) is 3.34. The quantitative estimate of drug-likeness (QED) is 0.896. The first-order valence-electron chi connectivity index (χ1n) is 4.47. The van der Waals surface area contributed by atoms with E-state index in [0.29, 0.717) is 6.54 Å². The van der Waals surface area contributed by atoms with Gasteiger partial charge in [-0.15, -0.1) is 0 Å². The second-order valence-electron chi connectivity index (χ2n) is 3.38. The number of nitrogens with one attached hydrogen (secondary N) is 1. The summed E-state index contributed by atoms with van der Waals surface area (Å²) in [5.41, 5.74) is 7.84. The topological polar surface area (TPSA) is 38.0 Å². The lowest BCUT2D eigenvalue weighted by Gasteiger charge is -2.16. The molecule has 0 aliphatic carbocycles. The summed E-state index contributed by atoms with van der Waals surface area (Å²) in [7, 11) is 0. The van der Waals surface area contributed by atoms with Gasteiger partial charge in [0.1, 0.15) is 0 Å². The van der Waals surface area contributed by atoms with Crippen LogP contribution >= 0.6 is 31.9 Å². The van der Waals surface area contributed by atoms with Crippen molar-refractivity contribution in [3.63, 3.8) is 0 Å². The first-order chi connectivity index (χ1) is 6.54. The molecule has 0 bridgehead atoms. The number of rotatable bonds is 3. The van der Waals surface area contributed by atoms with Crippen molar-refractivity contribution in [2.75, 3.05) is 11.9 Å². The van der Waals surface area contributed by atoms with Gasteiger partial charge >= 0.3 is 0 Å². The zero-order valence-electron chi connectivity index (χ0n) is 8.27. The smallest absolute Gasteiger partial charge is 0.0631 e. The second-order valence-corrected chi connectivity index (χ2v) is 5.09. The van der Waals surface area contributed by atoms with Crippen LogP contribution < -0.4 is 11.1 Å². The number of aryl methyl sites for hydroxylation is 1. The minimum atomic E-state index is 0.269. The fraction of sp³-hybridized carbons (Fsp3) is 0.400. The van der Waals surface area contributed by atoms with Gasteiger partial charge in [-0.05, 0) is 63.4 Å². The van der Waals surface area contributed by atoms with E-state index in [4.69, 9.17) is 5.73 Å². The summed E-state index contributed by atoms with van der Waals surface area (Å²) in [6.45, 7) is 4.73. The van der Waals surface area contributed by atoms with Crippen molar-refractivity contribution in [3.05, 3.63) is 26.6 Å². The number of benzene rings is 1. The Morgan fingerprint density at radius 2 is 1.86 bits per heavy atom.